The summed E-state index contributed by atoms with van der Waals surface area (Å²) >= 11 is 0. The summed E-state index contributed by atoms with van der Waals surface area (Å²) in [4.78, 5) is 32.9. The molecule has 184 valence electrons. The van der Waals surface area contributed by atoms with Crippen molar-refractivity contribution >= 4 is 22.9 Å². The first-order valence-corrected chi connectivity index (χ1v) is 13.7. The van der Waals surface area contributed by atoms with Crippen LogP contribution in [0.2, 0.25) is 0 Å². The molecule has 1 saturated heterocycles. The molecule has 6 atom stereocenters. The van der Waals surface area contributed by atoms with Gasteiger partial charge in [-0.25, -0.2) is 0 Å². The SMILES string of the molecule is C[C@@H]1[C@H]2[C@H]3C4=C(CCCC4=O)[C@H](N(c4ccccc4)[C@@H]3C)[C@]23C(=O)CCCC3=CN1c1ccccc1. The second-order valence-corrected chi connectivity index (χ2v) is 11.4. The van der Waals surface area contributed by atoms with Gasteiger partial charge in [-0.3, -0.25) is 9.59 Å². The number of ketones is 2. The number of benzene rings is 2. The molecule has 2 fully saturated rings. The molecule has 0 radical (unpaired) electrons. The molecule has 2 aromatic carbocycles. The van der Waals surface area contributed by atoms with Gasteiger partial charge in [0.2, 0.25) is 0 Å². The average Bonchev–Trinajstić information content (AvgIpc) is 2.90. The summed E-state index contributed by atoms with van der Waals surface area (Å²) < 4.78 is 0. The van der Waals surface area contributed by atoms with E-state index in [2.05, 4.69) is 90.5 Å². The molecule has 0 amide bonds. The van der Waals surface area contributed by atoms with Crippen LogP contribution in [-0.4, -0.2) is 29.7 Å². The summed E-state index contributed by atoms with van der Waals surface area (Å²) in [5.41, 5.74) is 5.44. The van der Waals surface area contributed by atoms with Gasteiger partial charge in [-0.2, -0.15) is 0 Å². The van der Waals surface area contributed by atoms with Crippen LogP contribution in [0, 0.1) is 17.3 Å². The van der Waals surface area contributed by atoms with E-state index in [0.29, 0.717) is 24.4 Å². The lowest BCUT2D eigenvalue weighted by molar-refractivity contribution is -0.139. The van der Waals surface area contributed by atoms with E-state index in [4.69, 9.17) is 0 Å². The van der Waals surface area contributed by atoms with Gasteiger partial charge in [0.05, 0.1) is 11.5 Å². The summed E-state index contributed by atoms with van der Waals surface area (Å²) in [7, 11) is 0. The number of carbonyl (C=O) groups is 2. The molecule has 6 aliphatic rings. The molecular weight excluding hydrogens is 444 g/mol. The third kappa shape index (κ3) is 2.70. The predicted molar refractivity (Wildman–Crippen MR) is 143 cm³/mol. The maximum atomic E-state index is 14.4. The number of hydrogen-bond acceptors (Lipinski definition) is 4. The largest absolute Gasteiger partial charge is 0.360 e. The fourth-order valence-electron chi connectivity index (χ4n) is 8.79. The Labute approximate surface area is 213 Å². The van der Waals surface area contributed by atoms with Crippen molar-refractivity contribution in [2.45, 2.75) is 70.5 Å². The van der Waals surface area contributed by atoms with Gasteiger partial charge in [-0.05, 0) is 74.9 Å². The van der Waals surface area contributed by atoms with Crippen molar-refractivity contribution in [2.75, 3.05) is 9.80 Å². The maximum Gasteiger partial charge on any atom is 0.159 e. The minimum absolute atomic E-state index is 0.0463. The van der Waals surface area contributed by atoms with Crippen LogP contribution < -0.4 is 9.80 Å². The Kier molecular flexibility index (Phi) is 4.86. The number of piperidine rings is 1. The lowest BCUT2D eigenvalue weighted by atomic mass is 9.43. The van der Waals surface area contributed by atoms with E-state index in [1.165, 1.54) is 22.5 Å². The molecule has 1 spiro atoms. The molecule has 0 aromatic heterocycles. The standard InChI is InChI=1S/C32H34N2O2/c1-20-28-29-25(16-10-17-26(29)35)31(34(20)24-14-7-4-8-15-24)32-22(11-9-18-27(32)36)19-33(21(2)30(28)32)23-12-5-3-6-13-23/h3-8,12-15,19-21,28,30-31H,9-11,16-18H2,1-2H3/t20-,21-,28-,30+,31+,32-/m1/s1. The van der Waals surface area contributed by atoms with Gasteiger partial charge < -0.3 is 9.80 Å². The van der Waals surface area contributed by atoms with E-state index in [0.717, 1.165) is 31.3 Å². The number of para-hydroxylation sites is 2. The van der Waals surface area contributed by atoms with Gasteiger partial charge in [0.25, 0.3) is 0 Å². The van der Waals surface area contributed by atoms with E-state index < -0.39 is 5.41 Å². The predicted octanol–water partition coefficient (Wildman–Crippen LogP) is 6.09. The van der Waals surface area contributed by atoms with Crippen LogP contribution in [0.1, 0.15) is 52.4 Å². The van der Waals surface area contributed by atoms with Crippen LogP contribution in [-0.2, 0) is 9.59 Å². The first-order valence-electron chi connectivity index (χ1n) is 13.7. The van der Waals surface area contributed by atoms with Gasteiger partial charge >= 0.3 is 0 Å². The van der Waals surface area contributed by atoms with Crippen LogP contribution in [0.5, 0.6) is 0 Å². The van der Waals surface area contributed by atoms with E-state index in [1.807, 2.05) is 0 Å². The Bertz CT molecular complexity index is 1300. The highest BCUT2D eigenvalue weighted by Gasteiger charge is 2.70. The van der Waals surface area contributed by atoms with Crippen molar-refractivity contribution in [1.82, 2.24) is 0 Å². The van der Waals surface area contributed by atoms with Crippen molar-refractivity contribution in [2.24, 2.45) is 17.3 Å². The number of nitrogens with zero attached hydrogens (tertiary/aromatic N) is 2. The molecule has 36 heavy (non-hydrogen) atoms. The molecule has 3 aliphatic carbocycles. The summed E-state index contributed by atoms with van der Waals surface area (Å²) in [6, 6.07) is 21.4. The number of fused-ring (bicyclic) bond motifs is 1. The van der Waals surface area contributed by atoms with Crippen molar-refractivity contribution < 1.29 is 9.59 Å². The lowest BCUT2D eigenvalue weighted by Gasteiger charge is -2.69. The Hall–Kier alpha value is -3.14. The van der Waals surface area contributed by atoms with E-state index >= 15 is 0 Å². The Morgan fingerprint density at radius 2 is 1.44 bits per heavy atom. The average molecular weight is 479 g/mol. The van der Waals surface area contributed by atoms with Gasteiger partial charge in [0.15, 0.2) is 5.78 Å². The quantitative estimate of drug-likeness (QED) is 0.524. The molecule has 4 nitrogen and oxygen atoms in total. The third-order valence-corrected chi connectivity index (χ3v) is 9.95. The second kappa shape index (κ2) is 7.93. The van der Waals surface area contributed by atoms with Crippen molar-refractivity contribution in [3.05, 3.63) is 83.6 Å². The minimum Gasteiger partial charge on any atom is -0.360 e. The lowest BCUT2D eigenvalue weighted by Crippen LogP contribution is -2.76. The number of carbonyl (C=O) groups excluding carboxylic acids is 2. The zero-order chi connectivity index (χ0) is 24.6. The number of rotatable bonds is 2. The fraction of sp³-hybridized carbons (Fsp3) is 0.438. The zero-order valence-electron chi connectivity index (χ0n) is 21.2. The van der Waals surface area contributed by atoms with Gasteiger partial charge in [-0.1, -0.05) is 36.4 Å². The van der Waals surface area contributed by atoms with Crippen molar-refractivity contribution in [1.29, 1.82) is 0 Å². The summed E-state index contributed by atoms with van der Waals surface area (Å²) in [6.45, 7) is 4.59. The van der Waals surface area contributed by atoms with Crippen LogP contribution in [0.3, 0.4) is 0 Å². The number of anilines is 2. The number of Topliss-reactive ketones (excluding diaryl/α,β-unsaturated/α-hetero) is 2. The molecule has 2 aromatic rings. The molecule has 0 N–H and O–H groups in total. The normalized spacial score (nSPS) is 35.3. The Balaban J connectivity index is 1.52. The summed E-state index contributed by atoms with van der Waals surface area (Å²) in [6.07, 6.45) is 7.32. The molecule has 8 rings (SSSR count). The van der Waals surface area contributed by atoms with Crippen LogP contribution in [0.15, 0.2) is 83.6 Å². The molecule has 3 heterocycles. The Morgan fingerprint density at radius 3 is 2.17 bits per heavy atom. The fourth-order valence-corrected chi connectivity index (χ4v) is 8.79. The van der Waals surface area contributed by atoms with Crippen molar-refractivity contribution in [3.63, 3.8) is 0 Å². The minimum atomic E-state index is -0.549. The first kappa shape index (κ1) is 22.1. The highest BCUT2D eigenvalue weighted by atomic mass is 16.1. The van der Waals surface area contributed by atoms with Crippen LogP contribution >= 0.6 is 0 Å². The van der Waals surface area contributed by atoms with E-state index in [9.17, 15) is 9.59 Å². The molecule has 1 saturated carbocycles. The summed E-state index contributed by atoms with van der Waals surface area (Å²) in [5, 5.41) is 0. The molecule has 3 aliphatic heterocycles. The maximum absolute atomic E-state index is 14.4. The van der Waals surface area contributed by atoms with Gasteiger partial charge in [-0.15, -0.1) is 0 Å². The highest BCUT2D eigenvalue weighted by molar-refractivity contribution is 6.02. The Morgan fingerprint density at radius 1 is 0.778 bits per heavy atom. The van der Waals surface area contributed by atoms with Gasteiger partial charge in [0, 0.05) is 59.9 Å². The molecule has 4 heteroatoms. The second-order valence-electron chi connectivity index (χ2n) is 11.4. The highest BCUT2D eigenvalue weighted by Crippen LogP contribution is 2.66. The summed E-state index contributed by atoms with van der Waals surface area (Å²) in [5.74, 6) is 0.867. The van der Waals surface area contributed by atoms with E-state index in [-0.39, 0.29) is 30.0 Å². The van der Waals surface area contributed by atoms with Crippen molar-refractivity contribution in [3.8, 4) is 0 Å². The third-order valence-electron chi connectivity index (χ3n) is 9.95. The monoisotopic (exact) mass is 478 g/mol. The molecule has 0 unspecified atom stereocenters. The molecular formula is C32H34N2O2. The van der Waals surface area contributed by atoms with Gasteiger partial charge in [0.1, 0.15) is 5.78 Å². The van der Waals surface area contributed by atoms with Crippen LogP contribution in [0.25, 0.3) is 0 Å². The number of hydrogen-bond donors (Lipinski definition) is 0. The zero-order valence-corrected chi connectivity index (χ0v) is 21.2. The smallest absolute Gasteiger partial charge is 0.159 e. The first-order chi connectivity index (χ1) is 17.5. The molecule has 2 bridgehead atoms. The topological polar surface area (TPSA) is 40.6 Å². The van der Waals surface area contributed by atoms with Crippen LogP contribution in [0.4, 0.5) is 11.4 Å². The van der Waals surface area contributed by atoms with E-state index in [1.54, 1.807) is 0 Å².